The number of amides is 2. The van der Waals surface area contributed by atoms with Crippen molar-refractivity contribution in [3.63, 3.8) is 0 Å². The molecule has 9 heteroatoms. The highest BCUT2D eigenvalue weighted by Crippen LogP contribution is 2.15. The molecule has 0 saturated carbocycles. The molecule has 0 atom stereocenters. The quantitative estimate of drug-likeness (QED) is 0.373. The Hall–Kier alpha value is -3.85. The van der Waals surface area contributed by atoms with E-state index in [9.17, 15) is 19.7 Å². The van der Waals surface area contributed by atoms with Crippen molar-refractivity contribution in [2.24, 2.45) is 0 Å². The minimum Gasteiger partial charge on any atom is -0.323 e. The van der Waals surface area contributed by atoms with Gasteiger partial charge in [-0.2, -0.15) is 0 Å². The Balaban J connectivity index is 1.56. The summed E-state index contributed by atoms with van der Waals surface area (Å²) in [5, 5.41) is 18.3. The highest BCUT2D eigenvalue weighted by Gasteiger charge is 2.08. The molecule has 0 spiro atoms. The van der Waals surface area contributed by atoms with Crippen LogP contribution in [0.4, 0.5) is 16.5 Å². The normalized spacial score (nSPS) is 10.6. The molecule has 0 bridgehead atoms. The Morgan fingerprint density at radius 1 is 1.04 bits per heavy atom. The lowest BCUT2D eigenvalue weighted by atomic mass is 10.2. The number of carbonyl (C=O) groups is 2. The van der Waals surface area contributed by atoms with Crippen molar-refractivity contribution >= 4 is 45.7 Å². The maximum Gasteiger partial charge on any atom is 0.269 e. The molecule has 0 saturated heterocycles. The van der Waals surface area contributed by atoms with Gasteiger partial charge in [0.05, 0.1) is 4.92 Å². The van der Waals surface area contributed by atoms with Crippen LogP contribution in [0.3, 0.4) is 0 Å². The summed E-state index contributed by atoms with van der Waals surface area (Å²) in [6.45, 7) is 0. The fourth-order valence-corrected chi connectivity index (χ4v) is 2.75. The van der Waals surface area contributed by atoms with E-state index in [1.54, 1.807) is 54.1 Å². The summed E-state index contributed by atoms with van der Waals surface area (Å²) in [5.41, 5.74) is 1.62. The number of thiazole rings is 1. The number of nitrogens with one attached hydrogen (secondary N) is 2. The lowest BCUT2D eigenvalue weighted by molar-refractivity contribution is -0.384. The predicted molar refractivity (Wildman–Crippen MR) is 107 cm³/mol. The van der Waals surface area contributed by atoms with E-state index in [0.717, 1.165) is 0 Å². The topological polar surface area (TPSA) is 114 Å². The van der Waals surface area contributed by atoms with E-state index in [2.05, 4.69) is 15.6 Å². The zero-order chi connectivity index (χ0) is 19.9. The van der Waals surface area contributed by atoms with Crippen LogP contribution in [0.2, 0.25) is 0 Å². The van der Waals surface area contributed by atoms with E-state index >= 15 is 0 Å². The number of benzene rings is 2. The van der Waals surface area contributed by atoms with Gasteiger partial charge in [0.1, 0.15) is 0 Å². The molecule has 0 fully saturated rings. The summed E-state index contributed by atoms with van der Waals surface area (Å²) in [5.74, 6) is -0.649. The molecule has 0 aliphatic heterocycles. The monoisotopic (exact) mass is 394 g/mol. The zero-order valence-corrected chi connectivity index (χ0v) is 15.2. The number of nitro benzene ring substituents is 1. The Kier molecular flexibility index (Phi) is 5.87. The molecule has 2 N–H and O–H groups in total. The number of hydrogen-bond donors (Lipinski definition) is 2. The first-order chi connectivity index (χ1) is 13.5. The number of carbonyl (C=O) groups excluding carboxylic acids is 2. The smallest absolute Gasteiger partial charge is 0.269 e. The molecule has 0 unspecified atom stereocenters. The Morgan fingerprint density at radius 2 is 1.75 bits per heavy atom. The van der Waals surface area contributed by atoms with Gasteiger partial charge in [0.15, 0.2) is 5.13 Å². The molecule has 0 aliphatic carbocycles. The highest BCUT2D eigenvalue weighted by molar-refractivity contribution is 7.13. The van der Waals surface area contributed by atoms with Gasteiger partial charge in [0, 0.05) is 41.0 Å². The number of non-ortho nitro benzene ring substituents is 1. The van der Waals surface area contributed by atoms with E-state index in [-0.39, 0.29) is 17.5 Å². The minimum absolute atomic E-state index is 0.0133. The largest absolute Gasteiger partial charge is 0.323 e. The van der Waals surface area contributed by atoms with Crippen molar-refractivity contribution in [3.8, 4) is 0 Å². The van der Waals surface area contributed by atoms with Crippen LogP contribution in [0, 0.1) is 10.1 Å². The summed E-state index contributed by atoms with van der Waals surface area (Å²) < 4.78 is 0. The van der Waals surface area contributed by atoms with Crippen LogP contribution in [0.25, 0.3) is 6.08 Å². The number of hydrogen-bond acceptors (Lipinski definition) is 6. The summed E-state index contributed by atoms with van der Waals surface area (Å²) in [6.07, 6.45) is 4.47. The molecule has 0 aliphatic rings. The average molecular weight is 394 g/mol. The first kappa shape index (κ1) is 18.9. The van der Waals surface area contributed by atoms with Gasteiger partial charge in [-0.05, 0) is 48.0 Å². The van der Waals surface area contributed by atoms with Gasteiger partial charge in [-0.1, -0.05) is 0 Å². The van der Waals surface area contributed by atoms with E-state index in [4.69, 9.17) is 0 Å². The minimum atomic E-state index is -0.485. The molecule has 1 heterocycles. The van der Waals surface area contributed by atoms with Gasteiger partial charge in [-0.25, -0.2) is 4.98 Å². The van der Waals surface area contributed by atoms with Gasteiger partial charge in [-0.3, -0.25) is 25.0 Å². The average Bonchev–Trinajstić information content (AvgIpc) is 3.20. The highest BCUT2D eigenvalue weighted by atomic mass is 32.1. The number of anilines is 2. The van der Waals surface area contributed by atoms with Gasteiger partial charge in [0.2, 0.25) is 5.91 Å². The van der Waals surface area contributed by atoms with Crippen LogP contribution >= 0.6 is 11.3 Å². The third kappa shape index (κ3) is 5.08. The molecule has 8 nitrogen and oxygen atoms in total. The molecule has 0 radical (unpaired) electrons. The molecule has 3 aromatic rings. The Bertz CT molecular complexity index is 1010. The summed E-state index contributed by atoms with van der Waals surface area (Å²) in [7, 11) is 0. The van der Waals surface area contributed by atoms with Gasteiger partial charge >= 0.3 is 0 Å². The Labute approximate surface area is 163 Å². The summed E-state index contributed by atoms with van der Waals surface area (Å²) in [6, 6.07) is 12.3. The van der Waals surface area contributed by atoms with E-state index < -0.39 is 4.92 Å². The van der Waals surface area contributed by atoms with Crippen LogP contribution < -0.4 is 10.6 Å². The van der Waals surface area contributed by atoms with E-state index in [0.29, 0.717) is 21.9 Å². The summed E-state index contributed by atoms with van der Waals surface area (Å²) >= 11 is 1.32. The standard InChI is InChI=1S/C19H14N4O4S/c24-17(10-3-13-1-8-16(9-2-13)23(26)27)21-15-6-4-14(5-7-15)18(25)22-19-20-11-12-28-19/h1-12H,(H,21,24)(H,20,22,25)/b10-3+. The van der Waals surface area contributed by atoms with Crippen LogP contribution in [0.5, 0.6) is 0 Å². The first-order valence-electron chi connectivity index (χ1n) is 8.06. The molecule has 140 valence electrons. The third-order valence-corrected chi connectivity index (χ3v) is 4.29. The van der Waals surface area contributed by atoms with Crippen molar-refractivity contribution in [3.05, 3.63) is 87.4 Å². The van der Waals surface area contributed by atoms with E-state index in [1.807, 2.05) is 0 Å². The molecular weight excluding hydrogens is 380 g/mol. The van der Waals surface area contributed by atoms with Gasteiger partial charge in [0.25, 0.3) is 11.6 Å². The van der Waals surface area contributed by atoms with E-state index in [1.165, 1.54) is 29.5 Å². The van der Waals surface area contributed by atoms with Gasteiger partial charge < -0.3 is 5.32 Å². The van der Waals surface area contributed by atoms with Crippen molar-refractivity contribution in [1.82, 2.24) is 4.98 Å². The van der Waals surface area contributed by atoms with Crippen LogP contribution in [0.15, 0.2) is 66.2 Å². The van der Waals surface area contributed by atoms with Crippen molar-refractivity contribution in [1.29, 1.82) is 0 Å². The fourth-order valence-electron chi connectivity index (χ4n) is 2.22. The second-order valence-electron chi connectivity index (χ2n) is 5.54. The maximum absolute atomic E-state index is 12.1. The maximum atomic E-state index is 12.1. The fraction of sp³-hybridized carbons (Fsp3) is 0. The zero-order valence-electron chi connectivity index (χ0n) is 14.4. The number of aromatic nitrogens is 1. The Morgan fingerprint density at radius 3 is 2.36 bits per heavy atom. The third-order valence-electron chi connectivity index (χ3n) is 3.60. The second kappa shape index (κ2) is 8.69. The molecule has 1 aromatic heterocycles. The predicted octanol–water partition coefficient (Wildman–Crippen LogP) is 3.96. The van der Waals surface area contributed by atoms with Crippen LogP contribution in [-0.2, 0) is 4.79 Å². The van der Waals surface area contributed by atoms with Crippen molar-refractivity contribution < 1.29 is 14.5 Å². The molecular formula is C19H14N4O4S. The molecule has 28 heavy (non-hydrogen) atoms. The molecule has 2 aromatic carbocycles. The summed E-state index contributed by atoms with van der Waals surface area (Å²) in [4.78, 5) is 38.2. The lowest BCUT2D eigenvalue weighted by Gasteiger charge is -2.05. The molecule has 3 rings (SSSR count). The number of nitro groups is 1. The second-order valence-corrected chi connectivity index (χ2v) is 6.43. The van der Waals surface area contributed by atoms with Crippen LogP contribution in [-0.4, -0.2) is 21.7 Å². The van der Waals surface area contributed by atoms with Crippen LogP contribution in [0.1, 0.15) is 15.9 Å². The number of rotatable bonds is 6. The SMILES string of the molecule is O=C(/C=C/c1ccc([N+](=O)[O-])cc1)Nc1ccc(C(=O)Nc2nccs2)cc1. The first-order valence-corrected chi connectivity index (χ1v) is 8.94. The van der Waals surface area contributed by atoms with Crippen molar-refractivity contribution in [2.75, 3.05) is 10.6 Å². The molecule has 2 amide bonds. The number of nitrogens with zero attached hydrogens (tertiary/aromatic N) is 2. The lowest BCUT2D eigenvalue weighted by Crippen LogP contribution is -2.12. The van der Waals surface area contributed by atoms with Crippen molar-refractivity contribution in [2.45, 2.75) is 0 Å². The van der Waals surface area contributed by atoms with Gasteiger partial charge in [-0.15, -0.1) is 11.3 Å².